The van der Waals surface area contributed by atoms with Crippen LogP contribution >= 0.6 is 11.3 Å². The number of hydrogen-bond donors (Lipinski definition) is 1. The molecular formula is C32H45N7O6S. The van der Waals surface area contributed by atoms with Crippen molar-refractivity contribution in [2.24, 2.45) is 10.2 Å². The van der Waals surface area contributed by atoms with E-state index in [9.17, 15) is 20.1 Å². The Morgan fingerprint density at radius 3 is 2.07 bits per heavy atom. The number of anilines is 1. The zero-order valence-corrected chi connectivity index (χ0v) is 28.1. The Kier molecular flexibility index (Phi) is 18.3. The molecule has 0 unspecified atom stereocenters. The van der Waals surface area contributed by atoms with Crippen LogP contribution in [0, 0.1) is 36.5 Å². The maximum Gasteiger partial charge on any atom is 0.304 e. The second-order valence-corrected chi connectivity index (χ2v) is 11.7. The Morgan fingerprint density at radius 2 is 1.50 bits per heavy atom. The van der Waals surface area contributed by atoms with Crippen LogP contribution in [0.2, 0.25) is 0 Å². The van der Waals surface area contributed by atoms with Crippen LogP contribution in [-0.2, 0) is 23.8 Å². The topological polar surface area (TPSA) is 164 Å². The van der Waals surface area contributed by atoms with Gasteiger partial charge < -0.3 is 38.8 Å². The lowest BCUT2D eigenvalue weighted by Crippen LogP contribution is -2.32. The highest BCUT2D eigenvalue weighted by molar-refractivity contribution is 7.16. The summed E-state index contributed by atoms with van der Waals surface area (Å²) in [7, 11) is 3.83. The van der Waals surface area contributed by atoms with Gasteiger partial charge in [0.2, 0.25) is 0 Å². The van der Waals surface area contributed by atoms with E-state index in [1.54, 1.807) is 6.92 Å². The van der Waals surface area contributed by atoms with E-state index in [4.69, 9.17) is 19.3 Å². The standard InChI is InChI=1S/C32H45N7O6S/c1-25-22-27(6-7-29(25)35-36-32-28(23-33)26(2)30(24-34)46-32)39(13-18-43-16-11-37(3)9-5-15-40)14-19-45-21-20-44-17-12-38(4)10-8-31(41)42/h6-7,15,22H,5,8-14,16-21H2,1-4H3,(H,41,42). The molecule has 1 heterocycles. The van der Waals surface area contributed by atoms with Gasteiger partial charge in [0, 0.05) is 51.4 Å². The molecule has 1 aromatic carbocycles. The van der Waals surface area contributed by atoms with E-state index < -0.39 is 5.97 Å². The first-order valence-corrected chi connectivity index (χ1v) is 16.0. The first-order chi connectivity index (χ1) is 22.2. The normalized spacial score (nSPS) is 11.3. The van der Waals surface area contributed by atoms with Crippen LogP contribution in [0.3, 0.4) is 0 Å². The van der Waals surface area contributed by atoms with E-state index in [0.717, 1.165) is 35.4 Å². The molecular weight excluding hydrogens is 610 g/mol. The fourth-order valence-corrected chi connectivity index (χ4v) is 5.10. The lowest BCUT2D eigenvalue weighted by molar-refractivity contribution is -0.137. The Bertz CT molecular complexity index is 1350. The third-order valence-corrected chi connectivity index (χ3v) is 8.17. The zero-order valence-electron chi connectivity index (χ0n) is 27.2. The zero-order chi connectivity index (χ0) is 33.7. The summed E-state index contributed by atoms with van der Waals surface area (Å²) in [6, 6.07) is 10.1. The van der Waals surface area contributed by atoms with E-state index in [-0.39, 0.29) is 6.42 Å². The summed E-state index contributed by atoms with van der Waals surface area (Å²) in [6.45, 7) is 10.4. The van der Waals surface area contributed by atoms with Gasteiger partial charge in [0.25, 0.3) is 0 Å². The van der Waals surface area contributed by atoms with Crippen molar-refractivity contribution in [3.05, 3.63) is 39.8 Å². The van der Waals surface area contributed by atoms with Crippen LogP contribution < -0.4 is 4.90 Å². The van der Waals surface area contributed by atoms with Gasteiger partial charge in [-0.05, 0) is 57.3 Å². The van der Waals surface area contributed by atoms with Crippen molar-refractivity contribution >= 4 is 40.0 Å². The summed E-state index contributed by atoms with van der Waals surface area (Å²) in [4.78, 5) is 27.9. The SMILES string of the molecule is Cc1cc(N(CCOCCOCCN(C)CCC(=O)O)CCOCCN(C)CCC=O)ccc1N=Nc1sc(C#N)c(C)c1C#N. The maximum atomic E-state index is 10.7. The molecule has 0 amide bonds. The fourth-order valence-electron chi connectivity index (χ4n) is 4.22. The molecule has 0 bridgehead atoms. The number of nitriles is 2. The minimum atomic E-state index is -0.813. The molecule has 0 aliphatic carbocycles. The Labute approximate surface area is 275 Å². The first kappa shape index (κ1) is 38.4. The van der Waals surface area contributed by atoms with Gasteiger partial charge in [-0.3, -0.25) is 4.79 Å². The van der Waals surface area contributed by atoms with Gasteiger partial charge in [-0.2, -0.15) is 10.5 Å². The van der Waals surface area contributed by atoms with E-state index in [1.807, 2.05) is 44.1 Å². The number of aliphatic carboxylic acids is 1. The largest absolute Gasteiger partial charge is 0.481 e. The second-order valence-electron chi connectivity index (χ2n) is 10.7. The molecule has 0 radical (unpaired) electrons. The van der Waals surface area contributed by atoms with Crippen LogP contribution in [-0.4, -0.2) is 120 Å². The highest BCUT2D eigenvalue weighted by Gasteiger charge is 2.15. The van der Waals surface area contributed by atoms with E-state index in [2.05, 4.69) is 32.2 Å². The molecule has 0 saturated carbocycles. The van der Waals surface area contributed by atoms with Gasteiger partial charge in [-0.1, -0.05) is 0 Å². The number of ether oxygens (including phenoxy) is 3. The molecule has 14 heteroatoms. The Hall–Kier alpha value is -3.76. The number of hydrogen-bond acceptors (Lipinski definition) is 13. The minimum Gasteiger partial charge on any atom is -0.481 e. The van der Waals surface area contributed by atoms with Gasteiger partial charge in [0.15, 0.2) is 5.00 Å². The van der Waals surface area contributed by atoms with Crippen LogP contribution in [0.25, 0.3) is 0 Å². The number of rotatable bonds is 24. The average molecular weight is 656 g/mol. The predicted molar refractivity (Wildman–Crippen MR) is 176 cm³/mol. The lowest BCUT2D eigenvalue weighted by Gasteiger charge is -2.26. The fraction of sp³-hybridized carbons (Fsp3) is 0.562. The third-order valence-electron chi connectivity index (χ3n) is 7.09. The first-order valence-electron chi connectivity index (χ1n) is 15.2. The minimum absolute atomic E-state index is 0.105. The molecule has 0 aliphatic heterocycles. The van der Waals surface area contributed by atoms with E-state index >= 15 is 0 Å². The molecule has 0 atom stereocenters. The Morgan fingerprint density at radius 1 is 0.891 bits per heavy atom. The Balaban J connectivity index is 1.95. The van der Waals surface area contributed by atoms with E-state index in [1.165, 1.54) is 0 Å². The molecule has 46 heavy (non-hydrogen) atoms. The van der Waals surface area contributed by atoms with Gasteiger partial charge in [0.1, 0.15) is 23.3 Å². The summed E-state index contributed by atoms with van der Waals surface area (Å²) in [5.41, 5.74) is 3.53. The van der Waals surface area contributed by atoms with Crippen LogP contribution in [0.1, 0.15) is 34.4 Å². The van der Waals surface area contributed by atoms with Gasteiger partial charge in [-0.15, -0.1) is 21.6 Å². The van der Waals surface area contributed by atoms with Gasteiger partial charge >= 0.3 is 5.97 Å². The summed E-state index contributed by atoms with van der Waals surface area (Å²) in [5, 5.41) is 36.7. The number of aldehydes is 1. The monoisotopic (exact) mass is 655 g/mol. The van der Waals surface area contributed by atoms with Crippen molar-refractivity contribution in [2.75, 3.05) is 97.9 Å². The number of carbonyl (C=O) groups excluding carboxylic acids is 1. The number of thiophene rings is 1. The quantitative estimate of drug-likeness (QED) is 0.0974. The van der Waals surface area contributed by atoms with Crippen LogP contribution in [0.15, 0.2) is 28.4 Å². The number of carboxylic acid groups (broad SMARTS) is 1. The van der Waals surface area contributed by atoms with Crippen molar-refractivity contribution in [1.82, 2.24) is 9.80 Å². The summed E-state index contributed by atoms with van der Waals surface area (Å²) in [6.07, 6.45) is 1.52. The van der Waals surface area contributed by atoms with Crippen molar-refractivity contribution in [2.45, 2.75) is 26.7 Å². The molecule has 250 valence electrons. The summed E-state index contributed by atoms with van der Waals surface area (Å²) in [5.74, 6) is -0.813. The van der Waals surface area contributed by atoms with Crippen molar-refractivity contribution < 1.29 is 28.9 Å². The molecule has 0 fully saturated rings. The molecule has 0 spiro atoms. The predicted octanol–water partition coefficient (Wildman–Crippen LogP) is 4.31. The van der Waals surface area contributed by atoms with Crippen LogP contribution in [0.5, 0.6) is 0 Å². The van der Waals surface area contributed by atoms with Gasteiger partial charge in [-0.25, -0.2) is 0 Å². The highest BCUT2D eigenvalue weighted by atomic mass is 32.1. The highest BCUT2D eigenvalue weighted by Crippen LogP contribution is 2.36. The number of azo groups is 1. The summed E-state index contributed by atoms with van der Waals surface area (Å²) >= 11 is 1.15. The molecule has 0 aliphatic rings. The summed E-state index contributed by atoms with van der Waals surface area (Å²) < 4.78 is 17.4. The second kappa shape index (κ2) is 21.9. The maximum absolute atomic E-state index is 10.7. The molecule has 2 rings (SSSR count). The molecule has 0 saturated heterocycles. The third kappa shape index (κ3) is 14.1. The number of likely N-dealkylation sites (N-methyl/N-ethyl adjacent to an activating group) is 2. The smallest absolute Gasteiger partial charge is 0.304 e. The lowest BCUT2D eigenvalue weighted by atomic mass is 10.1. The number of aryl methyl sites for hydroxylation is 1. The number of nitrogens with zero attached hydrogens (tertiary/aromatic N) is 7. The molecule has 1 N–H and O–H groups in total. The molecule has 13 nitrogen and oxygen atoms in total. The van der Waals surface area contributed by atoms with Gasteiger partial charge in [0.05, 0.1) is 57.3 Å². The van der Waals surface area contributed by atoms with E-state index in [0.29, 0.717) is 105 Å². The van der Waals surface area contributed by atoms with Crippen molar-refractivity contribution in [1.29, 1.82) is 10.5 Å². The number of carbonyl (C=O) groups is 2. The molecule has 1 aromatic heterocycles. The van der Waals surface area contributed by atoms with Crippen molar-refractivity contribution in [3.8, 4) is 12.1 Å². The average Bonchev–Trinajstić information content (AvgIpc) is 3.35. The number of carboxylic acids is 1. The molecule has 2 aromatic rings. The number of benzene rings is 1. The van der Waals surface area contributed by atoms with Crippen LogP contribution in [0.4, 0.5) is 16.4 Å². The van der Waals surface area contributed by atoms with Crippen molar-refractivity contribution in [3.63, 3.8) is 0 Å².